The van der Waals surface area contributed by atoms with Crippen LogP contribution in [0.5, 0.6) is 0 Å². The average Bonchev–Trinajstić information content (AvgIpc) is 3.47. The Balaban J connectivity index is 0.00000169. The van der Waals surface area contributed by atoms with Crippen molar-refractivity contribution >= 4 is 0 Å². The predicted molar refractivity (Wildman–Crippen MR) is 173 cm³/mol. The van der Waals surface area contributed by atoms with Crippen molar-refractivity contribution in [3.05, 3.63) is 80.4 Å². The van der Waals surface area contributed by atoms with Gasteiger partial charge in [-0.05, 0) is 111 Å². The zero-order valence-electron chi connectivity index (χ0n) is 28.9. The third-order valence-corrected chi connectivity index (χ3v) is 11.5. The number of benzene rings is 2. The molecule has 2 aromatic rings. The smallest absolute Gasteiger partial charge is 1.00 e. The Morgan fingerprint density at radius 3 is 1.58 bits per heavy atom. The third-order valence-electron chi connectivity index (χ3n) is 11.5. The van der Waals surface area contributed by atoms with E-state index in [4.69, 9.17) is 0 Å². The number of hydrogen-bond acceptors (Lipinski definition) is 0. The van der Waals surface area contributed by atoms with Gasteiger partial charge in [-0.1, -0.05) is 124 Å². The quantitative estimate of drug-likeness (QED) is 0.369. The van der Waals surface area contributed by atoms with E-state index in [9.17, 15) is 0 Å². The minimum absolute atomic E-state index is 0. The summed E-state index contributed by atoms with van der Waals surface area (Å²) in [6, 6.07) is 10.4. The molecule has 1 saturated carbocycles. The maximum atomic E-state index is 2.71. The first kappa shape index (κ1) is 36.8. The molecule has 0 aliphatic heterocycles. The number of rotatable bonds is 1. The van der Waals surface area contributed by atoms with Crippen LogP contribution in [0.1, 0.15) is 141 Å². The van der Waals surface area contributed by atoms with Gasteiger partial charge < -0.3 is 24.8 Å². The van der Waals surface area contributed by atoms with Crippen molar-refractivity contribution in [3.63, 3.8) is 0 Å². The summed E-state index contributed by atoms with van der Waals surface area (Å²) < 4.78 is 0. The molecule has 2 aromatic carbocycles. The van der Waals surface area contributed by atoms with Gasteiger partial charge in [0.1, 0.15) is 0 Å². The number of aryl methyl sites for hydroxylation is 2. The Bertz CT molecular complexity index is 1400. The molecule has 4 aliphatic rings. The van der Waals surface area contributed by atoms with Gasteiger partial charge >= 0.3 is 26.2 Å². The zero-order valence-corrected chi connectivity index (χ0v) is 32.9. The maximum Gasteiger partial charge on any atom is 2.00 e. The van der Waals surface area contributed by atoms with Gasteiger partial charge in [-0.25, -0.2) is 0 Å². The second-order valence-electron chi connectivity index (χ2n) is 17.3. The van der Waals surface area contributed by atoms with Crippen molar-refractivity contribution in [2.75, 3.05) is 0 Å². The van der Waals surface area contributed by atoms with Crippen LogP contribution in [0.4, 0.5) is 0 Å². The fourth-order valence-corrected chi connectivity index (χ4v) is 9.60. The van der Waals surface area contributed by atoms with Crippen molar-refractivity contribution in [2.45, 2.75) is 132 Å². The van der Waals surface area contributed by atoms with Gasteiger partial charge in [-0.2, -0.15) is 0 Å². The molecule has 0 N–H and O–H groups in total. The Labute approximate surface area is 295 Å². The Hall–Kier alpha value is -0.617. The summed E-state index contributed by atoms with van der Waals surface area (Å²) in [6.07, 6.45) is 9.49. The van der Waals surface area contributed by atoms with Crippen LogP contribution in [-0.2, 0) is 37.0 Å². The Morgan fingerprint density at radius 2 is 1.14 bits per heavy atom. The summed E-state index contributed by atoms with van der Waals surface area (Å²) in [5.74, 6) is 1.94. The van der Waals surface area contributed by atoms with Gasteiger partial charge in [0.15, 0.2) is 0 Å². The largest absolute Gasteiger partial charge is 2.00 e. The van der Waals surface area contributed by atoms with Gasteiger partial charge in [0, 0.05) is 11.3 Å². The van der Waals surface area contributed by atoms with E-state index < -0.39 is 0 Å². The number of fused-ring (bicyclic) bond motifs is 5. The molecule has 1 fully saturated rings. The van der Waals surface area contributed by atoms with E-state index in [0.29, 0.717) is 5.92 Å². The molecule has 4 aliphatic carbocycles. The fourth-order valence-electron chi connectivity index (χ4n) is 9.60. The first-order chi connectivity index (χ1) is 18.4. The molecule has 3 atom stereocenters. The van der Waals surface area contributed by atoms with Gasteiger partial charge in [-0.15, -0.1) is 0 Å². The molecule has 0 saturated heterocycles. The van der Waals surface area contributed by atoms with Gasteiger partial charge in [-0.3, -0.25) is 0 Å². The SMILES string of the molecule is Cc1cc2c(cc1C(C)(C)C)-c1cc(C(C)(C)C)c(C)cc1C2C1(C)C2=C(CC(C(C)(C)C)=C2)C2CCCCC21.[Cl-].[Cl-].[Zr+2]. The van der Waals surface area contributed by atoms with Gasteiger partial charge in [0.05, 0.1) is 0 Å². The molecule has 0 radical (unpaired) electrons. The molecule has 0 bridgehead atoms. The third kappa shape index (κ3) is 5.67. The standard InChI is InChI=1S/C40H54.2ClH.Zr/c1-23-17-30-27(21-33(23)38(6,7)8)28-22-34(39(9,10)11)24(2)18-31(28)36(30)40(12)32-16-14-13-15-26(32)29-19-25(20-35(29)40)37(3,4)5;;;/h17-18,20-22,26,32,36H,13-16,19H2,1-12H3;2*1H;/q;;;+2/p-2. The summed E-state index contributed by atoms with van der Waals surface area (Å²) in [5.41, 5.74) is 18.0. The molecule has 0 nitrogen and oxygen atoms in total. The molecule has 3 heteroatoms. The van der Waals surface area contributed by atoms with Crippen LogP contribution in [-0.4, -0.2) is 0 Å². The molecule has 6 rings (SSSR count). The molecule has 0 heterocycles. The van der Waals surface area contributed by atoms with Crippen molar-refractivity contribution in [1.82, 2.24) is 0 Å². The first-order valence-electron chi connectivity index (χ1n) is 16.2. The van der Waals surface area contributed by atoms with E-state index in [1.807, 2.05) is 5.57 Å². The van der Waals surface area contributed by atoms with E-state index in [0.717, 1.165) is 11.8 Å². The average molecular weight is 697 g/mol. The minimum atomic E-state index is 0. The zero-order chi connectivity index (χ0) is 29.2. The normalized spacial score (nSPS) is 24.7. The van der Waals surface area contributed by atoms with Gasteiger partial charge in [0.25, 0.3) is 0 Å². The molecule has 43 heavy (non-hydrogen) atoms. The van der Waals surface area contributed by atoms with Crippen molar-refractivity contribution in [3.8, 4) is 11.1 Å². The van der Waals surface area contributed by atoms with Crippen molar-refractivity contribution in [1.29, 1.82) is 0 Å². The van der Waals surface area contributed by atoms with E-state index in [1.54, 1.807) is 22.3 Å². The topological polar surface area (TPSA) is 0 Å². The molecule has 0 amide bonds. The van der Waals surface area contributed by atoms with E-state index in [2.05, 4.69) is 113 Å². The summed E-state index contributed by atoms with van der Waals surface area (Å²) in [7, 11) is 0. The summed E-state index contributed by atoms with van der Waals surface area (Å²) >= 11 is 0. The second kappa shape index (κ2) is 11.9. The van der Waals surface area contributed by atoms with Crippen LogP contribution < -0.4 is 24.8 Å². The molecular weight excluding hydrogens is 643 g/mol. The summed E-state index contributed by atoms with van der Waals surface area (Å²) in [5, 5.41) is 0. The van der Waals surface area contributed by atoms with E-state index in [1.165, 1.54) is 65.5 Å². The minimum Gasteiger partial charge on any atom is -1.00 e. The van der Waals surface area contributed by atoms with Crippen LogP contribution in [0, 0.1) is 36.5 Å². The Kier molecular flexibility index (Phi) is 10.2. The van der Waals surface area contributed by atoms with Crippen LogP contribution in [0.3, 0.4) is 0 Å². The van der Waals surface area contributed by atoms with Crippen LogP contribution in [0.2, 0.25) is 0 Å². The number of allylic oxidation sites excluding steroid dienone is 4. The summed E-state index contributed by atoms with van der Waals surface area (Å²) in [4.78, 5) is 0. The second-order valence-corrected chi connectivity index (χ2v) is 17.3. The summed E-state index contributed by atoms with van der Waals surface area (Å²) in [6.45, 7) is 29.0. The first-order valence-corrected chi connectivity index (χ1v) is 16.2. The molecule has 0 aromatic heterocycles. The van der Waals surface area contributed by atoms with Crippen molar-refractivity contribution in [2.24, 2.45) is 22.7 Å². The number of halogens is 2. The van der Waals surface area contributed by atoms with Crippen LogP contribution >= 0.6 is 0 Å². The molecule has 0 spiro atoms. The van der Waals surface area contributed by atoms with E-state index >= 15 is 0 Å². The molecular formula is C40H54Cl2Zr. The van der Waals surface area contributed by atoms with Gasteiger partial charge in [0.2, 0.25) is 0 Å². The van der Waals surface area contributed by atoms with Crippen molar-refractivity contribution < 1.29 is 51.0 Å². The fraction of sp³-hybridized carbons (Fsp3) is 0.600. The van der Waals surface area contributed by atoms with Crippen LogP contribution in [0.15, 0.2) is 47.1 Å². The molecule has 232 valence electrons. The number of hydrogen-bond donors (Lipinski definition) is 0. The Morgan fingerprint density at radius 1 is 0.674 bits per heavy atom. The molecule has 3 unspecified atom stereocenters. The maximum absolute atomic E-state index is 2.71. The monoisotopic (exact) mass is 694 g/mol. The van der Waals surface area contributed by atoms with Crippen LogP contribution in [0.25, 0.3) is 11.1 Å². The van der Waals surface area contributed by atoms with E-state index in [-0.39, 0.29) is 72.7 Å². The predicted octanol–water partition coefficient (Wildman–Crippen LogP) is 5.52.